The van der Waals surface area contributed by atoms with Crippen LogP contribution in [0.15, 0.2) is 0 Å². The highest BCUT2D eigenvalue weighted by molar-refractivity contribution is 5.82. The van der Waals surface area contributed by atoms with Gasteiger partial charge in [0.25, 0.3) is 0 Å². The summed E-state index contributed by atoms with van der Waals surface area (Å²) in [5.74, 6) is -3.89. The Hall–Kier alpha value is -1.00. The average molecular weight is 453 g/mol. The third kappa shape index (κ3) is 4.71. The molecule has 0 radical (unpaired) electrons. The number of alkyl halides is 5. The maximum absolute atomic E-state index is 14.0. The number of carbonyl (C=O) groups is 1. The summed E-state index contributed by atoms with van der Waals surface area (Å²) in [4.78, 5) is 16.6. The molecular formula is C21H33F5N4O. The Labute approximate surface area is 180 Å². The molecule has 4 rings (SSSR count). The predicted octanol–water partition coefficient (Wildman–Crippen LogP) is 3.58. The molecule has 0 aromatic heterocycles. The van der Waals surface area contributed by atoms with Crippen molar-refractivity contribution in [1.82, 2.24) is 20.7 Å². The van der Waals surface area contributed by atoms with Crippen molar-refractivity contribution >= 4 is 5.91 Å². The van der Waals surface area contributed by atoms with Crippen LogP contribution in [0.4, 0.5) is 22.0 Å². The zero-order valence-electron chi connectivity index (χ0n) is 17.9. The maximum atomic E-state index is 14.0. The number of likely N-dealkylation sites (tertiary alicyclic amines) is 1. The largest absolute Gasteiger partial charge is 0.392 e. The zero-order valence-corrected chi connectivity index (χ0v) is 17.9. The topological polar surface area (TPSA) is 47.6 Å². The van der Waals surface area contributed by atoms with Crippen molar-refractivity contribution in [2.75, 3.05) is 20.3 Å². The first kappa shape index (κ1) is 23.2. The van der Waals surface area contributed by atoms with Crippen molar-refractivity contribution in [3.63, 3.8) is 0 Å². The lowest BCUT2D eigenvalue weighted by molar-refractivity contribution is -0.198. The predicted molar refractivity (Wildman–Crippen MR) is 105 cm³/mol. The Bertz CT molecular complexity index is 648. The highest BCUT2D eigenvalue weighted by Crippen LogP contribution is 2.49. The summed E-state index contributed by atoms with van der Waals surface area (Å²) in [6, 6.07) is -0.223. The van der Waals surface area contributed by atoms with Gasteiger partial charge in [-0.15, -0.1) is 0 Å². The first-order valence-electron chi connectivity index (χ1n) is 11.5. The van der Waals surface area contributed by atoms with E-state index >= 15 is 0 Å². The van der Waals surface area contributed by atoms with Gasteiger partial charge in [0.15, 0.2) is 0 Å². The Morgan fingerprint density at radius 2 is 1.87 bits per heavy atom. The average Bonchev–Trinajstić information content (AvgIpc) is 3.28. The van der Waals surface area contributed by atoms with E-state index in [4.69, 9.17) is 0 Å². The molecule has 2 saturated carbocycles. The van der Waals surface area contributed by atoms with Gasteiger partial charge in [-0.05, 0) is 57.4 Å². The van der Waals surface area contributed by atoms with E-state index in [1.165, 1.54) is 0 Å². The zero-order chi connectivity index (χ0) is 22.3. The van der Waals surface area contributed by atoms with Crippen LogP contribution in [0.2, 0.25) is 0 Å². The molecule has 2 aliphatic carbocycles. The first-order chi connectivity index (χ1) is 14.7. The third-order valence-corrected chi connectivity index (χ3v) is 8.17. The number of hydrazine groups is 1. The number of hydrogen-bond acceptors (Lipinski definition) is 4. The number of fused-ring (bicyclic) bond motifs is 1. The lowest BCUT2D eigenvalue weighted by atomic mass is 9.73. The highest BCUT2D eigenvalue weighted by atomic mass is 19.4. The van der Waals surface area contributed by atoms with E-state index in [9.17, 15) is 26.7 Å². The normalized spacial score (nSPS) is 38.7. The van der Waals surface area contributed by atoms with Gasteiger partial charge in [-0.3, -0.25) is 9.69 Å². The number of amides is 1. The van der Waals surface area contributed by atoms with Gasteiger partial charge in [0.1, 0.15) is 0 Å². The van der Waals surface area contributed by atoms with Gasteiger partial charge in [0, 0.05) is 24.4 Å². The van der Waals surface area contributed by atoms with Crippen molar-refractivity contribution in [2.45, 2.75) is 76.2 Å². The van der Waals surface area contributed by atoms with Gasteiger partial charge in [0.2, 0.25) is 12.3 Å². The monoisotopic (exact) mass is 452 g/mol. The minimum absolute atomic E-state index is 0.0858. The maximum Gasteiger partial charge on any atom is 0.392 e. The number of halogens is 5. The fourth-order valence-corrected chi connectivity index (χ4v) is 6.47. The van der Waals surface area contributed by atoms with Crippen molar-refractivity contribution in [2.24, 2.45) is 29.6 Å². The first-order valence-corrected chi connectivity index (χ1v) is 11.5. The van der Waals surface area contributed by atoms with Gasteiger partial charge < -0.3 is 4.90 Å². The van der Waals surface area contributed by atoms with Crippen LogP contribution < -0.4 is 10.9 Å². The second-order valence-electron chi connectivity index (χ2n) is 9.91. The Morgan fingerprint density at radius 3 is 2.52 bits per heavy atom. The van der Waals surface area contributed by atoms with E-state index in [1.54, 1.807) is 4.90 Å². The van der Waals surface area contributed by atoms with Gasteiger partial charge >= 0.3 is 6.18 Å². The van der Waals surface area contributed by atoms with Gasteiger partial charge in [-0.2, -0.15) is 13.2 Å². The van der Waals surface area contributed by atoms with Crippen LogP contribution in [-0.2, 0) is 4.79 Å². The standard InChI is InChI=1S/C21H33F5N4O/c1-29-11-27-28-18(29)9-15(19(22)23)12-4-2-5-13(8-12)30-10-16-14(20(30)31)6-3-7-17(16)21(24,25)26/h12-19,27-28H,2-11H2,1H3/t12?,13?,14?,15-,16?,17?,18?/m1/s1. The summed E-state index contributed by atoms with van der Waals surface area (Å²) in [6.45, 7) is 0.709. The molecule has 2 saturated heterocycles. The van der Waals surface area contributed by atoms with Crippen LogP contribution in [0.5, 0.6) is 0 Å². The van der Waals surface area contributed by atoms with Crippen LogP contribution in [-0.4, -0.2) is 60.8 Å². The summed E-state index contributed by atoms with van der Waals surface area (Å²) in [5.41, 5.74) is 5.99. The minimum atomic E-state index is -4.29. The summed E-state index contributed by atoms with van der Waals surface area (Å²) in [7, 11) is 1.87. The molecule has 2 aliphatic heterocycles. The number of carbonyl (C=O) groups excluding carboxylic acids is 1. The molecule has 4 aliphatic rings. The summed E-state index contributed by atoms with van der Waals surface area (Å²) in [6.07, 6.45) is -3.06. The molecule has 0 bridgehead atoms. The lowest BCUT2D eigenvalue weighted by Gasteiger charge is -2.39. The number of nitrogens with zero attached hydrogens (tertiary/aromatic N) is 2. The van der Waals surface area contributed by atoms with Crippen molar-refractivity contribution in [3.8, 4) is 0 Å². The van der Waals surface area contributed by atoms with Crippen LogP contribution in [0.3, 0.4) is 0 Å². The molecule has 1 amide bonds. The van der Waals surface area contributed by atoms with E-state index in [-0.39, 0.29) is 37.0 Å². The van der Waals surface area contributed by atoms with Gasteiger partial charge in [-0.1, -0.05) is 12.8 Å². The molecule has 6 unspecified atom stereocenters. The van der Waals surface area contributed by atoms with E-state index in [1.807, 2.05) is 11.9 Å². The summed E-state index contributed by atoms with van der Waals surface area (Å²) >= 11 is 0. The van der Waals surface area contributed by atoms with Crippen molar-refractivity contribution in [3.05, 3.63) is 0 Å². The van der Waals surface area contributed by atoms with Crippen LogP contribution >= 0.6 is 0 Å². The third-order valence-electron chi connectivity index (χ3n) is 8.17. The highest BCUT2D eigenvalue weighted by Gasteiger charge is 2.56. The molecule has 2 N–H and O–H groups in total. The minimum Gasteiger partial charge on any atom is -0.339 e. The van der Waals surface area contributed by atoms with Crippen LogP contribution in [0, 0.1) is 29.6 Å². The fraction of sp³-hybridized carbons (Fsp3) is 0.952. The molecule has 5 nitrogen and oxygen atoms in total. The molecule has 10 heteroatoms. The van der Waals surface area contributed by atoms with E-state index in [0.29, 0.717) is 45.2 Å². The molecule has 0 spiro atoms. The van der Waals surface area contributed by atoms with E-state index < -0.39 is 36.3 Å². The Morgan fingerprint density at radius 1 is 1.13 bits per heavy atom. The van der Waals surface area contributed by atoms with Crippen LogP contribution in [0.1, 0.15) is 51.4 Å². The molecule has 7 atom stereocenters. The molecule has 4 fully saturated rings. The lowest BCUT2D eigenvalue weighted by Crippen LogP contribution is -2.44. The Balaban J connectivity index is 1.44. The summed E-state index contributed by atoms with van der Waals surface area (Å²) in [5, 5.41) is 0. The quantitative estimate of drug-likeness (QED) is 0.627. The Kier molecular flexibility index (Phi) is 6.80. The molecule has 31 heavy (non-hydrogen) atoms. The molecular weight excluding hydrogens is 419 g/mol. The van der Waals surface area contributed by atoms with E-state index in [2.05, 4.69) is 10.9 Å². The number of rotatable bonds is 5. The van der Waals surface area contributed by atoms with Crippen molar-refractivity contribution < 1.29 is 26.7 Å². The van der Waals surface area contributed by atoms with Gasteiger partial charge in [-0.25, -0.2) is 19.6 Å². The SMILES string of the molecule is CN1CNNC1C[C@@H](C(F)F)C1CCCC(N2CC3C(CCCC3C(F)(F)F)C2=O)C1. The van der Waals surface area contributed by atoms with Gasteiger partial charge in [0.05, 0.1) is 18.8 Å². The molecule has 2 heterocycles. The second kappa shape index (κ2) is 9.09. The fourth-order valence-electron chi connectivity index (χ4n) is 6.47. The molecule has 0 aromatic carbocycles. The summed E-state index contributed by atoms with van der Waals surface area (Å²) < 4.78 is 68.6. The smallest absolute Gasteiger partial charge is 0.339 e. The molecule has 178 valence electrons. The van der Waals surface area contributed by atoms with Crippen LogP contribution in [0.25, 0.3) is 0 Å². The number of hydrogen-bond donors (Lipinski definition) is 2. The number of nitrogens with one attached hydrogen (secondary N) is 2. The van der Waals surface area contributed by atoms with E-state index in [0.717, 1.165) is 6.42 Å². The molecule has 0 aromatic rings. The van der Waals surface area contributed by atoms with Crippen molar-refractivity contribution in [1.29, 1.82) is 0 Å². The second-order valence-corrected chi connectivity index (χ2v) is 9.91.